The van der Waals surface area contributed by atoms with Crippen LogP contribution in [0.5, 0.6) is 5.75 Å². The molecule has 7 nitrogen and oxygen atoms in total. The third kappa shape index (κ3) is 5.39. The fourth-order valence-electron chi connectivity index (χ4n) is 4.59. The van der Waals surface area contributed by atoms with E-state index in [1.165, 1.54) is 0 Å². The lowest BCUT2D eigenvalue weighted by Crippen LogP contribution is -2.30. The van der Waals surface area contributed by atoms with Crippen LogP contribution >= 0.6 is 0 Å². The van der Waals surface area contributed by atoms with Gasteiger partial charge in [-0.05, 0) is 50.5 Å². The van der Waals surface area contributed by atoms with E-state index < -0.39 is 0 Å². The molecule has 4 rings (SSSR count). The number of hydrogen-bond donors (Lipinski definition) is 1. The average molecular weight is 437 g/mol. The molecule has 0 aliphatic carbocycles. The zero-order chi connectivity index (χ0) is 22.5. The number of carbonyl (C=O) groups excluding carboxylic acids is 2. The number of rotatable bonds is 8. The molecule has 2 aromatic rings. The Morgan fingerprint density at radius 3 is 2.88 bits per heavy atom. The molecule has 2 aliphatic rings. The highest BCUT2D eigenvalue weighted by Crippen LogP contribution is 2.30. The summed E-state index contributed by atoms with van der Waals surface area (Å²) in [4.78, 5) is 33.0. The lowest BCUT2D eigenvalue weighted by molar-refractivity contribution is -0.131. The van der Waals surface area contributed by atoms with Crippen LogP contribution in [-0.2, 0) is 9.59 Å². The molecule has 3 heterocycles. The Hall–Kier alpha value is -3.09. The van der Waals surface area contributed by atoms with Crippen molar-refractivity contribution in [1.82, 2.24) is 14.8 Å². The molecule has 7 heteroatoms. The third-order valence-corrected chi connectivity index (χ3v) is 6.28. The van der Waals surface area contributed by atoms with Crippen molar-refractivity contribution in [2.45, 2.75) is 44.9 Å². The molecule has 2 fully saturated rings. The first-order valence-electron chi connectivity index (χ1n) is 11.5. The molecule has 1 atom stereocenters. The van der Waals surface area contributed by atoms with Crippen LogP contribution in [0, 0.1) is 6.92 Å². The number of hydrogen-bond acceptors (Lipinski definition) is 5. The van der Waals surface area contributed by atoms with Crippen LogP contribution in [0.2, 0.25) is 0 Å². The van der Waals surface area contributed by atoms with Gasteiger partial charge in [-0.25, -0.2) is 0 Å². The number of carbonyl (C=O) groups is 2. The Labute approximate surface area is 189 Å². The number of aryl methyl sites for hydroxylation is 1. The minimum atomic E-state index is 0.182. The quantitative estimate of drug-likeness (QED) is 0.680. The van der Waals surface area contributed by atoms with E-state index in [-0.39, 0.29) is 17.7 Å². The smallest absolute Gasteiger partial charge is 0.222 e. The highest BCUT2D eigenvalue weighted by molar-refractivity contribution is 5.78. The highest BCUT2D eigenvalue weighted by Gasteiger charge is 2.28. The summed E-state index contributed by atoms with van der Waals surface area (Å²) >= 11 is 0. The van der Waals surface area contributed by atoms with E-state index in [2.05, 4.69) is 11.4 Å². The summed E-state index contributed by atoms with van der Waals surface area (Å²) in [6, 6.07) is 12.0. The standard InChI is InChI=1S/C25H32N4O3/c1-18-14-21(27-20-6-3-7-22(15-20)32-2)16-23(26-18)19-10-13-29(17-19)25(31)9-5-12-28-11-4-8-24(28)30/h3,6-7,14-16,19H,4-5,8-13,17H2,1-2H3,(H,26,27)/t19-/m0/s1. The molecular formula is C25H32N4O3. The highest BCUT2D eigenvalue weighted by atomic mass is 16.5. The SMILES string of the molecule is COc1cccc(Nc2cc(C)nc([C@H]3CCN(C(=O)CCCN4CCCC4=O)C3)c2)c1. The van der Waals surface area contributed by atoms with Gasteiger partial charge in [0.15, 0.2) is 0 Å². The van der Waals surface area contributed by atoms with Crippen LogP contribution in [-0.4, -0.2) is 59.9 Å². The number of nitrogens with zero attached hydrogens (tertiary/aromatic N) is 3. The Bertz CT molecular complexity index is 977. The van der Waals surface area contributed by atoms with E-state index in [9.17, 15) is 9.59 Å². The Morgan fingerprint density at radius 1 is 1.22 bits per heavy atom. The molecule has 0 radical (unpaired) electrons. The van der Waals surface area contributed by atoms with E-state index >= 15 is 0 Å². The molecule has 32 heavy (non-hydrogen) atoms. The number of likely N-dealkylation sites (tertiary alicyclic amines) is 2. The monoisotopic (exact) mass is 436 g/mol. The normalized spacial score (nSPS) is 18.3. The summed E-state index contributed by atoms with van der Waals surface area (Å²) in [5.41, 5.74) is 3.92. The summed E-state index contributed by atoms with van der Waals surface area (Å²) < 4.78 is 5.31. The van der Waals surface area contributed by atoms with Gasteiger partial charge in [-0.15, -0.1) is 0 Å². The second kappa shape index (κ2) is 10.0. The van der Waals surface area contributed by atoms with E-state index in [4.69, 9.17) is 9.72 Å². The van der Waals surface area contributed by atoms with Gasteiger partial charge in [0.05, 0.1) is 7.11 Å². The van der Waals surface area contributed by atoms with Crippen molar-refractivity contribution in [3.05, 3.63) is 47.8 Å². The lowest BCUT2D eigenvalue weighted by Gasteiger charge is -2.19. The minimum Gasteiger partial charge on any atom is -0.497 e. The summed E-state index contributed by atoms with van der Waals surface area (Å²) in [7, 11) is 1.66. The number of anilines is 2. The van der Waals surface area contributed by atoms with Crippen molar-refractivity contribution in [1.29, 1.82) is 0 Å². The van der Waals surface area contributed by atoms with Gasteiger partial charge in [-0.3, -0.25) is 14.6 Å². The average Bonchev–Trinajstić information content (AvgIpc) is 3.43. The summed E-state index contributed by atoms with van der Waals surface area (Å²) in [6.07, 6.45) is 3.76. The summed E-state index contributed by atoms with van der Waals surface area (Å²) in [5, 5.41) is 3.44. The Morgan fingerprint density at radius 2 is 2.09 bits per heavy atom. The zero-order valence-electron chi connectivity index (χ0n) is 19.0. The number of pyridine rings is 1. The van der Waals surface area contributed by atoms with Gasteiger partial charge in [-0.1, -0.05) is 6.07 Å². The fourth-order valence-corrected chi connectivity index (χ4v) is 4.59. The maximum absolute atomic E-state index is 12.7. The van der Waals surface area contributed by atoms with Crippen molar-refractivity contribution >= 4 is 23.2 Å². The molecule has 0 saturated carbocycles. The lowest BCUT2D eigenvalue weighted by atomic mass is 10.0. The molecule has 0 spiro atoms. The molecule has 0 bridgehead atoms. The predicted octanol–water partition coefficient (Wildman–Crippen LogP) is 3.86. The van der Waals surface area contributed by atoms with E-state index in [0.717, 1.165) is 60.9 Å². The summed E-state index contributed by atoms with van der Waals surface area (Å²) in [5.74, 6) is 1.45. The molecule has 1 aromatic carbocycles. The fraction of sp³-hybridized carbons (Fsp3) is 0.480. The number of aromatic nitrogens is 1. The topological polar surface area (TPSA) is 74.8 Å². The van der Waals surface area contributed by atoms with Gasteiger partial charge in [-0.2, -0.15) is 0 Å². The number of amides is 2. The molecule has 2 aliphatic heterocycles. The second-order valence-corrected chi connectivity index (χ2v) is 8.69. The van der Waals surface area contributed by atoms with Crippen LogP contribution in [0.1, 0.15) is 49.4 Å². The number of ether oxygens (including phenoxy) is 1. The molecule has 1 aromatic heterocycles. The van der Waals surface area contributed by atoms with E-state index in [0.29, 0.717) is 25.9 Å². The first-order chi connectivity index (χ1) is 15.5. The first kappa shape index (κ1) is 22.1. The van der Waals surface area contributed by atoms with Crippen molar-refractivity contribution in [3.63, 3.8) is 0 Å². The van der Waals surface area contributed by atoms with Crippen molar-refractivity contribution < 1.29 is 14.3 Å². The van der Waals surface area contributed by atoms with Gasteiger partial charge >= 0.3 is 0 Å². The zero-order valence-corrected chi connectivity index (χ0v) is 19.0. The number of nitrogens with one attached hydrogen (secondary N) is 1. The molecule has 2 amide bonds. The van der Waals surface area contributed by atoms with Crippen molar-refractivity contribution in [3.8, 4) is 5.75 Å². The molecule has 0 unspecified atom stereocenters. The molecule has 1 N–H and O–H groups in total. The predicted molar refractivity (Wildman–Crippen MR) is 124 cm³/mol. The third-order valence-electron chi connectivity index (χ3n) is 6.28. The Balaban J connectivity index is 1.33. The van der Waals surface area contributed by atoms with Crippen LogP contribution in [0.3, 0.4) is 0 Å². The largest absolute Gasteiger partial charge is 0.497 e. The van der Waals surface area contributed by atoms with Gasteiger partial charge in [0.25, 0.3) is 0 Å². The Kier molecular flexibility index (Phi) is 6.93. The summed E-state index contributed by atoms with van der Waals surface area (Å²) in [6.45, 7) is 5.00. The van der Waals surface area contributed by atoms with Crippen molar-refractivity contribution in [2.24, 2.45) is 0 Å². The van der Waals surface area contributed by atoms with Crippen LogP contribution in [0.15, 0.2) is 36.4 Å². The number of benzene rings is 1. The van der Waals surface area contributed by atoms with Crippen LogP contribution in [0.25, 0.3) is 0 Å². The van der Waals surface area contributed by atoms with Gasteiger partial charge < -0.3 is 19.9 Å². The maximum Gasteiger partial charge on any atom is 0.222 e. The van der Waals surface area contributed by atoms with E-state index in [1.54, 1.807) is 7.11 Å². The van der Waals surface area contributed by atoms with Gasteiger partial charge in [0, 0.05) is 73.8 Å². The van der Waals surface area contributed by atoms with Gasteiger partial charge in [0.1, 0.15) is 5.75 Å². The van der Waals surface area contributed by atoms with Gasteiger partial charge in [0.2, 0.25) is 11.8 Å². The molecular weight excluding hydrogens is 404 g/mol. The van der Waals surface area contributed by atoms with Crippen LogP contribution in [0.4, 0.5) is 11.4 Å². The minimum absolute atomic E-state index is 0.182. The molecule has 2 saturated heterocycles. The second-order valence-electron chi connectivity index (χ2n) is 8.69. The van der Waals surface area contributed by atoms with Crippen LogP contribution < -0.4 is 10.1 Å². The number of methoxy groups -OCH3 is 1. The molecule has 170 valence electrons. The first-order valence-corrected chi connectivity index (χ1v) is 11.5. The maximum atomic E-state index is 12.7. The van der Waals surface area contributed by atoms with E-state index in [1.807, 2.05) is 47.1 Å². The van der Waals surface area contributed by atoms with Crippen molar-refractivity contribution in [2.75, 3.05) is 38.6 Å².